The van der Waals surface area contributed by atoms with Crippen LogP contribution in [0.2, 0.25) is 0 Å². The number of allylic oxidation sites excluding steroid dienone is 2. The maximum atomic E-state index is 13.5. The summed E-state index contributed by atoms with van der Waals surface area (Å²) in [7, 11) is -4.88. The van der Waals surface area contributed by atoms with Gasteiger partial charge in [-0.2, -0.15) is 8.42 Å². The van der Waals surface area contributed by atoms with E-state index in [2.05, 4.69) is 0 Å². The topological polar surface area (TPSA) is 195 Å². The Morgan fingerprint density at radius 1 is 0.537 bits per heavy atom. The van der Waals surface area contributed by atoms with Crippen LogP contribution in [-0.4, -0.2) is 18.8 Å². The molecule has 7 rings (SSSR count). The monoisotopic (exact) mass is 740 g/mol. The number of rotatable bonds is 11. The van der Waals surface area contributed by atoms with E-state index < -0.39 is 15.9 Å². The van der Waals surface area contributed by atoms with E-state index in [1.165, 1.54) is 0 Å². The lowest BCUT2D eigenvalue weighted by Crippen LogP contribution is -2.41. The highest BCUT2D eigenvalue weighted by Gasteiger charge is 2.35. The lowest BCUT2D eigenvalue weighted by atomic mass is 9.93. The summed E-state index contributed by atoms with van der Waals surface area (Å²) in [6.07, 6.45) is 5.32. The summed E-state index contributed by atoms with van der Waals surface area (Å²) >= 11 is 0. The van der Waals surface area contributed by atoms with E-state index in [0.717, 1.165) is 0 Å². The molecule has 0 aromatic heterocycles. The van der Waals surface area contributed by atoms with Crippen LogP contribution in [0.15, 0.2) is 157 Å². The zero-order valence-corrected chi connectivity index (χ0v) is 29.6. The third-order valence-electron chi connectivity index (χ3n) is 8.52. The van der Waals surface area contributed by atoms with Crippen molar-refractivity contribution in [3.05, 3.63) is 157 Å². The van der Waals surface area contributed by atoms with Crippen LogP contribution >= 0.6 is 0 Å². The lowest BCUT2D eigenvalue weighted by Gasteiger charge is -2.34. The Morgan fingerprint density at radius 3 is 1.39 bits per heavy atom. The molecular formula is C42H36N4O7S. The molecule has 11 nitrogen and oxygen atoms in total. The predicted molar refractivity (Wildman–Crippen MR) is 211 cm³/mol. The van der Waals surface area contributed by atoms with Crippen LogP contribution in [0.4, 0.5) is 22.7 Å². The smallest absolute Gasteiger partial charge is 0.295 e. The van der Waals surface area contributed by atoms with E-state index in [1.807, 2.05) is 0 Å². The van der Waals surface area contributed by atoms with Gasteiger partial charge in [0.25, 0.3) is 15.9 Å². The van der Waals surface area contributed by atoms with Crippen LogP contribution in [-0.2, 0) is 10.1 Å². The Bertz CT molecular complexity index is 2400. The van der Waals surface area contributed by atoms with E-state index in [0.29, 0.717) is 62.6 Å². The molecule has 12 heteroatoms. The average molecular weight is 741 g/mol. The average Bonchev–Trinajstić information content (AvgIpc) is 3.16. The molecule has 0 saturated carbocycles. The van der Waals surface area contributed by atoms with Crippen LogP contribution in [0.25, 0.3) is 16.7 Å². The second kappa shape index (κ2) is 14.6. The maximum Gasteiger partial charge on any atom is 0.295 e. The van der Waals surface area contributed by atoms with Crippen molar-refractivity contribution in [3.8, 4) is 45.6 Å². The molecule has 0 bridgehead atoms. The molecule has 0 unspecified atom stereocenters. The fraction of sp³-hybridized carbons (Fsp3) is 0.0476. The summed E-state index contributed by atoms with van der Waals surface area (Å²) in [6, 6.07) is 37.3. The number of nitrogen functional groups attached to an aromatic ring is 4. The molecule has 272 valence electrons. The van der Waals surface area contributed by atoms with Gasteiger partial charge in [-0.05, 0) is 132 Å². The largest absolute Gasteiger partial charge is 0.457 e. The summed E-state index contributed by atoms with van der Waals surface area (Å²) in [5, 5.41) is 0. The molecule has 0 aliphatic heterocycles. The van der Waals surface area contributed by atoms with Gasteiger partial charge in [0.2, 0.25) is 0 Å². The Kier molecular flexibility index (Phi) is 9.61. The van der Waals surface area contributed by atoms with Gasteiger partial charge in [0.1, 0.15) is 39.4 Å². The maximum absolute atomic E-state index is 13.5. The summed E-state index contributed by atoms with van der Waals surface area (Å²) in [5.41, 5.74) is 27.1. The number of nitrogens with two attached hydrogens (primary N) is 4. The minimum atomic E-state index is -4.88. The Morgan fingerprint density at radius 2 is 0.963 bits per heavy atom. The standard InChI is InChI=1S/C42H36N4O7S/c43-29-3-13-34(14-4-29)50-33-11-1-28(2-12-33)40-39(51-35-15-5-30(44)6-16-35)22-21-38(41(40)54(47,48)49)27-23-25-42(26-24-27,52-36-17-7-31(45)8-18-36)53-37-19-9-32(46)10-20-37/h1-25H,26,43-46H2,(H,47,48,49). The van der Waals surface area contributed by atoms with Crippen molar-refractivity contribution >= 4 is 38.4 Å². The van der Waals surface area contributed by atoms with Crippen LogP contribution in [0, 0.1) is 0 Å². The highest BCUT2D eigenvalue weighted by atomic mass is 32.2. The number of benzene rings is 6. The van der Waals surface area contributed by atoms with Crippen molar-refractivity contribution in [3.63, 3.8) is 0 Å². The second-order valence-corrected chi connectivity index (χ2v) is 13.9. The highest BCUT2D eigenvalue weighted by molar-refractivity contribution is 7.86. The van der Waals surface area contributed by atoms with Gasteiger partial charge in [0.05, 0.1) is 0 Å². The summed E-state index contributed by atoms with van der Waals surface area (Å²) in [5.74, 6) is 1.30. The molecule has 6 aromatic rings. The molecule has 9 N–H and O–H groups in total. The fourth-order valence-corrected chi connectivity index (χ4v) is 6.83. The molecule has 0 fully saturated rings. The molecule has 1 aliphatic carbocycles. The van der Waals surface area contributed by atoms with E-state index in [-0.39, 0.29) is 28.2 Å². The first kappa shape index (κ1) is 35.5. The molecule has 0 radical (unpaired) electrons. The molecule has 54 heavy (non-hydrogen) atoms. The van der Waals surface area contributed by atoms with Gasteiger partial charge in [0, 0.05) is 46.4 Å². The molecule has 0 amide bonds. The summed E-state index contributed by atoms with van der Waals surface area (Å²) in [6.45, 7) is 0. The quantitative estimate of drug-likeness (QED) is 0.0484. The molecule has 0 spiro atoms. The van der Waals surface area contributed by atoms with Gasteiger partial charge in [-0.1, -0.05) is 24.3 Å². The van der Waals surface area contributed by atoms with Gasteiger partial charge in [0.15, 0.2) is 0 Å². The zero-order chi connectivity index (χ0) is 37.9. The minimum Gasteiger partial charge on any atom is -0.457 e. The SMILES string of the molecule is Nc1ccc(Oc2ccc(-c3c(Oc4ccc(N)cc4)ccc(C4=CCC(Oc5ccc(N)cc5)(Oc5ccc(N)cc5)C=C4)c3S(=O)(=O)O)cc2)cc1. The molecule has 6 aromatic carbocycles. The summed E-state index contributed by atoms with van der Waals surface area (Å²) in [4.78, 5) is -0.357. The van der Waals surface area contributed by atoms with Crippen LogP contribution < -0.4 is 41.9 Å². The summed E-state index contributed by atoms with van der Waals surface area (Å²) < 4.78 is 62.9. The first-order chi connectivity index (χ1) is 25.9. The van der Waals surface area contributed by atoms with Crippen molar-refractivity contribution in [1.82, 2.24) is 0 Å². The number of hydrogen-bond acceptors (Lipinski definition) is 10. The highest BCUT2D eigenvalue weighted by Crippen LogP contribution is 2.44. The third-order valence-corrected chi connectivity index (χ3v) is 9.46. The van der Waals surface area contributed by atoms with E-state index in [1.54, 1.807) is 152 Å². The molecule has 1 aliphatic rings. The number of ether oxygens (including phenoxy) is 4. The van der Waals surface area contributed by atoms with E-state index in [4.69, 9.17) is 41.9 Å². The predicted octanol–water partition coefficient (Wildman–Crippen LogP) is 8.71. The second-order valence-electron chi connectivity index (χ2n) is 12.5. The van der Waals surface area contributed by atoms with Crippen molar-refractivity contribution in [2.45, 2.75) is 17.1 Å². The molecule has 0 saturated heterocycles. The number of hydrogen-bond donors (Lipinski definition) is 5. The zero-order valence-electron chi connectivity index (χ0n) is 28.8. The van der Waals surface area contributed by atoms with Crippen molar-refractivity contribution in [1.29, 1.82) is 0 Å². The normalized spacial score (nSPS) is 13.5. The van der Waals surface area contributed by atoms with Crippen molar-refractivity contribution in [2.24, 2.45) is 0 Å². The van der Waals surface area contributed by atoms with Gasteiger partial charge >= 0.3 is 0 Å². The van der Waals surface area contributed by atoms with E-state index in [9.17, 15) is 13.0 Å². The first-order valence-corrected chi connectivity index (χ1v) is 18.2. The van der Waals surface area contributed by atoms with Crippen LogP contribution in [0.1, 0.15) is 12.0 Å². The van der Waals surface area contributed by atoms with Crippen LogP contribution in [0.3, 0.4) is 0 Å². The Hall–Kier alpha value is -6.89. The number of anilines is 4. The minimum absolute atomic E-state index is 0.133. The first-order valence-electron chi connectivity index (χ1n) is 16.7. The Balaban J connectivity index is 1.30. The Labute approximate surface area is 312 Å². The third kappa shape index (κ3) is 8.10. The van der Waals surface area contributed by atoms with Crippen molar-refractivity contribution < 1.29 is 31.9 Å². The molecule has 0 atom stereocenters. The van der Waals surface area contributed by atoms with Gasteiger partial charge in [-0.25, -0.2) is 0 Å². The lowest BCUT2D eigenvalue weighted by molar-refractivity contribution is -0.0685. The van der Waals surface area contributed by atoms with Crippen LogP contribution in [0.5, 0.6) is 34.5 Å². The van der Waals surface area contributed by atoms with Gasteiger partial charge in [-0.15, -0.1) is 0 Å². The molecular weight excluding hydrogens is 705 g/mol. The van der Waals surface area contributed by atoms with Gasteiger partial charge in [-0.3, -0.25) is 4.55 Å². The molecule has 0 heterocycles. The van der Waals surface area contributed by atoms with E-state index >= 15 is 0 Å². The van der Waals surface area contributed by atoms with Crippen molar-refractivity contribution in [2.75, 3.05) is 22.9 Å². The fourth-order valence-electron chi connectivity index (χ4n) is 5.89. The van der Waals surface area contributed by atoms with Gasteiger partial charge < -0.3 is 41.9 Å².